The van der Waals surface area contributed by atoms with Crippen LogP contribution in [0.25, 0.3) is 0 Å². The summed E-state index contributed by atoms with van der Waals surface area (Å²) in [5, 5.41) is 4.06. The van der Waals surface area contributed by atoms with Gasteiger partial charge in [0, 0.05) is 18.2 Å². The first kappa shape index (κ1) is 12.6. The van der Waals surface area contributed by atoms with E-state index in [-0.39, 0.29) is 0 Å². The molecule has 100 valence electrons. The van der Waals surface area contributed by atoms with Crippen LogP contribution in [0.1, 0.15) is 24.2 Å². The molecular weight excluding hydrogens is 262 g/mol. The van der Waals surface area contributed by atoms with Gasteiger partial charge in [0.25, 0.3) is 0 Å². The smallest absolute Gasteiger partial charge is 0.146 e. The van der Waals surface area contributed by atoms with Crippen LogP contribution in [0.15, 0.2) is 41.0 Å². The molecule has 19 heavy (non-hydrogen) atoms. The second-order valence-corrected chi connectivity index (χ2v) is 5.20. The molecule has 0 bridgehead atoms. The van der Waals surface area contributed by atoms with E-state index in [4.69, 9.17) is 20.8 Å². The third kappa shape index (κ3) is 3.52. The second kappa shape index (κ2) is 5.68. The predicted molar refractivity (Wildman–Crippen MR) is 74.4 cm³/mol. The minimum Gasteiger partial charge on any atom is -0.484 e. The molecule has 1 aliphatic rings. The maximum absolute atomic E-state index is 6.02. The van der Waals surface area contributed by atoms with Gasteiger partial charge in [0.1, 0.15) is 18.1 Å². The molecule has 0 aliphatic heterocycles. The van der Waals surface area contributed by atoms with E-state index in [0.29, 0.717) is 23.4 Å². The molecule has 1 aliphatic carbocycles. The molecule has 1 aromatic carbocycles. The van der Waals surface area contributed by atoms with E-state index in [2.05, 4.69) is 5.32 Å². The molecule has 2 aromatic rings. The summed E-state index contributed by atoms with van der Waals surface area (Å²) in [5.74, 6) is 1.49. The number of hydrogen-bond donors (Lipinski definition) is 1. The van der Waals surface area contributed by atoms with Crippen LogP contribution in [0.5, 0.6) is 5.75 Å². The van der Waals surface area contributed by atoms with Crippen LogP contribution >= 0.6 is 11.6 Å². The maximum Gasteiger partial charge on any atom is 0.146 e. The van der Waals surface area contributed by atoms with Gasteiger partial charge in [-0.05, 0) is 31.0 Å². The number of rotatable bonds is 6. The van der Waals surface area contributed by atoms with E-state index in [9.17, 15) is 0 Å². The molecule has 0 spiro atoms. The maximum atomic E-state index is 6.02. The van der Waals surface area contributed by atoms with Crippen LogP contribution in [-0.2, 0) is 13.2 Å². The molecular formula is C15H16ClNO2. The molecule has 1 saturated carbocycles. The van der Waals surface area contributed by atoms with Crippen molar-refractivity contribution in [3.05, 3.63) is 52.9 Å². The van der Waals surface area contributed by atoms with Crippen molar-refractivity contribution in [1.82, 2.24) is 5.32 Å². The SMILES string of the molecule is Clc1ccccc1OCc1cc(CNC2CC2)co1. The van der Waals surface area contributed by atoms with E-state index in [1.807, 2.05) is 30.3 Å². The first-order chi connectivity index (χ1) is 9.31. The van der Waals surface area contributed by atoms with Crippen molar-refractivity contribution in [1.29, 1.82) is 0 Å². The number of hydrogen-bond acceptors (Lipinski definition) is 3. The molecule has 1 heterocycles. The molecule has 0 unspecified atom stereocenters. The van der Waals surface area contributed by atoms with Gasteiger partial charge in [0.15, 0.2) is 0 Å². The van der Waals surface area contributed by atoms with Gasteiger partial charge in [-0.1, -0.05) is 23.7 Å². The Morgan fingerprint density at radius 3 is 2.95 bits per heavy atom. The van der Waals surface area contributed by atoms with Gasteiger partial charge in [-0.25, -0.2) is 0 Å². The molecule has 3 rings (SSSR count). The Bertz CT molecular complexity index is 549. The molecule has 3 nitrogen and oxygen atoms in total. The topological polar surface area (TPSA) is 34.4 Å². The number of furan rings is 1. The average molecular weight is 278 g/mol. The van der Waals surface area contributed by atoms with Gasteiger partial charge in [0.2, 0.25) is 0 Å². The summed E-state index contributed by atoms with van der Waals surface area (Å²) in [6, 6.07) is 10.2. The average Bonchev–Trinajstić information content (AvgIpc) is 3.14. The Kier molecular flexibility index (Phi) is 3.76. The molecule has 1 aromatic heterocycles. The lowest BCUT2D eigenvalue weighted by atomic mass is 10.3. The Hall–Kier alpha value is -1.45. The van der Waals surface area contributed by atoms with E-state index in [1.165, 1.54) is 12.8 Å². The van der Waals surface area contributed by atoms with Crippen molar-refractivity contribution in [2.75, 3.05) is 0 Å². The van der Waals surface area contributed by atoms with Gasteiger partial charge >= 0.3 is 0 Å². The van der Waals surface area contributed by atoms with E-state index >= 15 is 0 Å². The standard InChI is InChI=1S/C15H16ClNO2/c16-14-3-1-2-4-15(14)19-10-13-7-11(9-18-13)8-17-12-5-6-12/h1-4,7,9,12,17H,5-6,8,10H2. The Balaban J connectivity index is 1.53. The van der Waals surface area contributed by atoms with Crippen molar-refractivity contribution >= 4 is 11.6 Å². The highest BCUT2D eigenvalue weighted by Crippen LogP contribution is 2.24. The summed E-state index contributed by atoms with van der Waals surface area (Å²) in [5.41, 5.74) is 1.16. The zero-order chi connectivity index (χ0) is 13.1. The number of ether oxygens (including phenoxy) is 1. The number of halogens is 1. The van der Waals surface area contributed by atoms with Gasteiger partial charge in [-0.2, -0.15) is 0 Å². The van der Waals surface area contributed by atoms with Gasteiger partial charge in [-0.15, -0.1) is 0 Å². The van der Waals surface area contributed by atoms with Gasteiger partial charge in [-0.3, -0.25) is 0 Å². The van der Waals surface area contributed by atoms with E-state index in [1.54, 1.807) is 6.26 Å². The zero-order valence-corrected chi connectivity index (χ0v) is 11.3. The quantitative estimate of drug-likeness (QED) is 0.873. The predicted octanol–water partition coefficient (Wildman–Crippen LogP) is 3.76. The highest BCUT2D eigenvalue weighted by atomic mass is 35.5. The molecule has 4 heteroatoms. The van der Waals surface area contributed by atoms with Crippen LogP contribution in [0.4, 0.5) is 0 Å². The monoisotopic (exact) mass is 277 g/mol. The number of nitrogens with one attached hydrogen (secondary N) is 1. The summed E-state index contributed by atoms with van der Waals surface area (Å²) in [6.07, 6.45) is 4.36. The van der Waals surface area contributed by atoms with Crippen molar-refractivity contribution in [2.24, 2.45) is 0 Å². The van der Waals surface area contributed by atoms with Crippen molar-refractivity contribution in [3.63, 3.8) is 0 Å². The second-order valence-electron chi connectivity index (χ2n) is 4.80. The van der Waals surface area contributed by atoms with Crippen molar-refractivity contribution in [3.8, 4) is 5.75 Å². The van der Waals surface area contributed by atoms with Crippen LogP contribution in [-0.4, -0.2) is 6.04 Å². The first-order valence-electron chi connectivity index (χ1n) is 6.48. The van der Waals surface area contributed by atoms with Crippen LogP contribution in [0, 0.1) is 0 Å². The number of para-hydroxylation sites is 1. The molecule has 0 amide bonds. The lowest BCUT2D eigenvalue weighted by Gasteiger charge is -2.05. The lowest BCUT2D eigenvalue weighted by molar-refractivity contribution is 0.270. The molecule has 0 atom stereocenters. The minimum absolute atomic E-state index is 0.396. The van der Waals surface area contributed by atoms with Crippen molar-refractivity contribution < 1.29 is 9.15 Å². The van der Waals surface area contributed by atoms with Crippen molar-refractivity contribution in [2.45, 2.75) is 32.0 Å². The fraction of sp³-hybridized carbons (Fsp3) is 0.333. The zero-order valence-electron chi connectivity index (χ0n) is 10.6. The van der Waals surface area contributed by atoms with Crippen LogP contribution in [0.3, 0.4) is 0 Å². The Morgan fingerprint density at radius 2 is 2.16 bits per heavy atom. The third-order valence-corrected chi connectivity index (χ3v) is 3.40. The molecule has 0 radical (unpaired) electrons. The van der Waals surface area contributed by atoms with Crippen LogP contribution in [0.2, 0.25) is 5.02 Å². The Morgan fingerprint density at radius 1 is 1.32 bits per heavy atom. The van der Waals surface area contributed by atoms with Gasteiger partial charge < -0.3 is 14.5 Å². The highest BCUT2D eigenvalue weighted by molar-refractivity contribution is 6.32. The minimum atomic E-state index is 0.396. The molecule has 0 saturated heterocycles. The summed E-state index contributed by atoms with van der Waals surface area (Å²) < 4.78 is 11.1. The summed E-state index contributed by atoms with van der Waals surface area (Å²) in [4.78, 5) is 0. The normalized spacial score (nSPS) is 14.6. The fourth-order valence-electron chi connectivity index (χ4n) is 1.85. The third-order valence-electron chi connectivity index (χ3n) is 3.09. The largest absolute Gasteiger partial charge is 0.484 e. The highest BCUT2D eigenvalue weighted by Gasteiger charge is 2.20. The first-order valence-corrected chi connectivity index (χ1v) is 6.86. The summed E-state index contributed by atoms with van der Waals surface area (Å²) in [6.45, 7) is 1.26. The van der Waals surface area contributed by atoms with Gasteiger partial charge in [0.05, 0.1) is 11.3 Å². The summed E-state index contributed by atoms with van der Waals surface area (Å²) >= 11 is 6.02. The molecule has 1 fully saturated rings. The van der Waals surface area contributed by atoms with E-state index < -0.39 is 0 Å². The van der Waals surface area contributed by atoms with Crippen LogP contribution < -0.4 is 10.1 Å². The fourth-order valence-corrected chi connectivity index (χ4v) is 2.05. The molecule has 1 N–H and O–H groups in total. The number of benzene rings is 1. The summed E-state index contributed by atoms with van der Waals surface area (Å²) in [7, 11) is 0. The Labute approximate surface area is 117 Å². The van der Waals surface area contributed by atoms with E-state index in [0.717, 1.165) is 17.9 Å². The lowest BCUT2D eigenvalue weighted by Crippen LogP contribution is -2.14.